The highest BCUT2D eigenvalue weighted by Gasteiger charge is 2.23. The first-order chi connectivity index (χ1) is 7.69. The lowest BCUT2D eigenvalue weighted by Gasteiger charge is -2.38. The lowest BCUT2D eigenvalue weighted by Crippen LogP contribution is -2.56. The van der Waals surface area contributed by atoms with Crippen LogP contribution in [-0.2, 0) is 0 Å². The molecule has 0 amide bonds. The first-order valence-electron chi connectivity index (χ1n) is 5.87. The summed E-state index contributed by atoms with van der Waals surface area (Å²) in [6.45, 7) is 6.33. The minimum Gasteiger partial charge on any atom is -0.395 e. The van der Waals surface area contributed by atoms with Gasteiger partial charge in [-0.1, -0.05) is 17.7 Å². The zero-order valence-corrected chi connectivity index (χ0v) is 9.98. The number of benzene rings is 1. The van der Waals surface area contributed by atoms with Gasteiger partial charge >= 0.3 is 0 Å². The third-order valence-corrected chi connectivity index (χ3v) is 3.07. The molecule has 0 bridgehead atoms. The highest BCUT2D eigenvalue weighted by molar-refractivity contribution is 5.48. The van der Waals surface area contributed by atoms with Crippen LogP contribution in [0.25, 0.3) is 0 Å². The van der Waals surface area contributed by atoms with Crippen molar-refractivity contribution in [2.75, 3.05) is 24.6 Å². The van der Waals surface area contributed by atoms with Crippen LogP contribution in [0.4, 0.5) is 5.69 Å². The summed E-state index contributed by atoms with van der Waals surface area (Å²) in [5.74, 6) is 0. The van der Waals surface area contributed by atoms with E-state index in [-0.39, 0.29) is 12.6 Å². The van der Waals surface area contributed by atoms with E-state index in [9.17, 15) is 5.11 Å². The zero-order chi connectivity index (χ0) is 11.5. The Hall–Kier alpha value is -1.06. The predicted octanol–water partition coefficient (Wildman–Crippen LogP) is 1.15. The molecule has 3 heteroatoms. The van der Waals surface area contributed by atoms with E-state index in [0.29, 0.717) is 6.04 Å². The summed E-state index contributed by atoms with van der Waals surface area (Å²) in [5.41, 5.74) is 2.53. The molecule has 2 rings (SSSR count). The van der Waals surface area contributed by atoms with Gasteiger partial charge in [0.2, 0.25) is 0 Å². The van der Waals surface area contributed by atoms with Crippen LogP contribution in [0.1, 0.15) is 12.5 Å². The van der Waals surface area contributed by atoms with E-state index in [2.05, 4.69) is 48.3 Å². The van der Waals surface area contributed by atoms with Gasteiger partial charge in [-0.15, -0.1) is 0 Å². The molecule has 2 unspecified atom stereocenters. The summed E-state index contributed by atoms with van der Waals surface area (Å²) in [6.07, 6.45) is 0. The maximum atomic E-state index is 9.23. The third kappa shape index (κ3) is 2.54. The van der Waals surface area contributed by atoms with E-state index in [1.54, 1.807) is 0 Å². The molecule has 0 aliphatic carbocycles. The van der Waals surface area contributed by atoms with Crippen molar-refractivity contribution in [1.82, 2.24) is 5.32 Å². The number of rotatable bonds is 2. The third-order valence-electron chi connectivity index (χ3n) is 3.07. The van der Waals surface area contributed by atoms with Crippen molar-refractivity contribution in [1.29, 1.82) is 0 Å². The van der Waals surface area contributed by atoms with Crippen LogP contribution in [0.3, 0.4) is 0 Å². The number of aryl methyl sites for hydroxylation is 1. The van der Waals surface area contributed by atoms with Crippen molar-refractivity contribution in [3.05, 3.63) is 29.8 Å². The lowest BCUT2D eigenvalue weighted by molar-refractivity contribution is 0.221. The largest absolute Gasteiger partial charge is 0.395 e. The van der Waals surface area contributed by atoms with Crippen LogP contribution in [0.15, 0.2) is 24.3 Å². The summed E-state index contributed by atoms with van der Waals surface area (Å²) >= 11 is 0. The molecule has 1 heterocycles. The molecule has 1 aromatic rings. The fraction of sp³-hybridized carbons (Fsp3) is 0.538. The Kier molecular flexibility index (Phi) is 3.46. The van der Waals surface area contributed by atoms with E-state index < -0.39 is 0 Å². The Morgan fingerprint density at radius 1 is 1.31 bits per heavy atom. The molecule has 1 fully saturated rings. The van der Waals surface area contributed by atoms with Crippen LogP contribution in [0.5, 0.6) is 0 Å². The summed E-state index contributed by atoms with van der Waals surface area (Å²) in [4.78, 5) is 2.33. The predicted molar refractivity (Wildman–Crippen MR) is 66.9 cm³/mol. The molecular formula is C13H20N2O. The fourth-order valence-electron chi connectivity index (χ4n) is 2.26. The molecule has 2 N–H and O–H groups in total. The second-order valence-electron chi connectivity index (χ2n) is 4.69. The van der Waals surface area contributed by atoms with Crippen molar-refractivity contribution >= 4 is 5.69 Å². The molecule has 16 heavy (non-hydrogen) atoms. The van der Waals surface area contributed by atoms with E-state index in [1.807, 2.05) is 0 Å². The van der Waals surface area contributed by atoms with Gasteiger partial charge in [0.1, 0.15) is 0 Å². The van der Waals surface area contributed by atoms with Crippen LogP contribution in [-0.4, -0.2) is 36.9 Å². The monoisotopic (exact) mass is 220 g/mol. The second-order valence-corrected chi connectivity index (χ2v) is 4.69. The number of aliphatic hydroxyl groups excluding tert-OH is 1. The number of nitrogens with one attached hydrogen (secondary N) is 1. The van der Waals surface area contributed by atoms with Gasteiger partial charge in [0.05, 0.1) is 6.61 Å². The number of hydrogen-bond acceptors (Lipinski definition) is 3. The molecule has 2 atom stereocenters. The smallest absolute Gasteiger partial charge is 0.0602 e. The van der Waals surface area contributed by atoms with Crippen LogP contribution in [0, 0.1) is 6.92 Å². The van der Waals surface area contributed by atoms with E-state index in [1.165, 1.54) is 11.3 Å². The van der Waals surface area contributed by atoms with E-state index >= 15 is 0 Å². The van der Waals surface area contributed by atoms with Crippen molar-refractivity contribution < 1.29 is 5.11 Å². The number of anilines is 1. The van der Waals surface area contributed by atoms with Gasteiger partial charge in [0, 0.05) is 30.9 Å². The highest BCUT2D eigenvalue weighted by atomic mass is 16.3. The van der Waals surface area contributed by atoms with Crippen LogP contribution < -0.4 is 10.2 Å². The van der Waals surface area contributed by atoms with Gasteiger partial charge in [-0.2, -0.15) is 0 Å². The highest BCUT2D eigenvalue weighted by Crippen LogP contribution is 2.18. The second kappa shape index (κ2) is 4.85. The lowest BCUT2D eigenvalue weighted by atomic mass is 10.1. The number of hydrogen-bond donors (Lipinski definition) is 2. The van der Waals surface area contributed by atoms with Crippen molar-refractivity contribution in [2.24, 2.45) is 0 Å². The first kappa shape index (κ1) is 11.4. The Morgan fingerprint density at radius 3 is 2.62 bits per heavy atom. The Balaban J connectivity index is 2.11. The number of aliphatic hydroxyl groups is 1. The molecule has 0 spiro atoms. The van der Waals surface area contributed by atoms with Gasteiger partial charge in [-0.25, -0.2) is 0 Å². The average molecular weight is 220 g/mol. The molecule has 0 saturated carbocycles. The van der Waals surface area contributed by atoms with Crippen LogP contribution in [0.2, 0.25) is 0 Å². The summed E-state index contributed by atoms with van der Waals surface area (Å²) in [7, 11) is 0. The molecule has 1 aliphatic rings. The molecule has 1 aromatic carbocycles. The van der Waals surface area contributed by atoms with Gasteiger partial charge in [0.25, 0.3) is 0 Å². The van der Waals surface area contributed by atoms with Gasteiger partial charge < -0.3 is 15.3 Å². The molecule has 3 nitrogen and oxygen atoms in total. The van der Waals surface area contributed by atoms with Crippen molar-refractivity contribution in [2.45, 2.75) is 25.9 Å². The minimum absolute atomic E-state index is 0.185. The van der Waals surface area contributed by atoms with Crippen LogP contribution >= 0.6 is 0 Å². The molecule has 1 saturated heterocycles. The summed E-state index contributed by atoms with van der Waals surface area (Å²) < 4.78 is 0. The number of piperazine rings is 1. The first-order valence-corrected chi connectivity index (χ1v) is 5.87. The van der Waals surface area contributed by atoms with Gasteiger partial charge in [0.15, 0.2) is 0 Å². The SMILES string of the molecule is Cc1ccc(N2CC(C)NC(CO)C2)cc1. The molecule has 88 valence electrons. The van der Waals surface area contributed by atoms with Gasteiger partial charge in [-0.05, 0) is 26.0 Å². The standard InChI is InChI=1S/C13H20N2O/c1-10-3-5-13(6-4-10)15-7-11(2)14-12(8-15)9-16/h3-6,11-12,14,16H,7-9H2,1-2H3. The van der Waals surface area contributed by atoms with Crippen molar-refractivity contribution in [3.63, 3.8) is 0 Å². The molecule has 1 aliphatic heterocycles. The summed E-state index contributed by atoms with van der Waals surface area (Å²) in [5, 5.41) is 12.6. The zero-order valence-electron chi connectivity index (χ0n) is 9.98. The summed E-state index contributed by atoms with van der Waals surface area (Å²) in [6, 6.07) is 9.19. The minimum atomic E-state index is 0.185. The average Bonchev–Trinajstić information content (AvgIpc) is 2.29. The quantitative estimate of drug-likeness (QED) is 0.785. The molecule has 0 radical (unpaired) electrons. The fourth-order valence-corrected chi connectivity index (χ4v) is 2.26. The molecular weight excluding hydrogens is 200 g/mol. The van der Waals surface area contributed by atoms with E-state index in [4.69, 9.17) is 0 Å². The molecule has 0 aromatic heterocycles. The normalized spacial score (nSPS) is 25.8. The van der Waals surface area contributed by atoms with E-state index in [0.717, 1.165) is 13.1 Å². The number of nitrogens with zero attached hydrogens (tertiary/aromatic N) is 1. The Morgan fingerprint density at radius 2 is 2.00 bits per heavy atom. The Bertz CT molecular complexity index is 336. The van der Waals surface area contributed by atoms with Gasteiger partial charge in [-0.3, -0.25) is 0 Å². The van der Waals surface area contributed by atoms with Crippen molar-refractivity contribution in [3.8, 4) is 0 Å². The topological polar surface area (TPSA) is 35.5 Å². The maximum absolute atomic E-state index is 9.23. The Labute approximate surface area is 97.1 Å². The maximum Gasteiger partial charge on any atom is 0.0602 e.